The average Bonchev–Trinajstić information content (AvgIpc) is 3.47. The van der Waals surface area contributed by atoms with Gasteiger partial charge >= 0.3 is 0 Å². The number of aromatic nitrogens is 2. The van der Waals surface area contributed by atoms with Crippen LogP contribution in [0.25, 0.3) is 0 Å². The van der Waals surface area contributed by atoms with E-state index in [1.807, 2.05) is 0 Å². The number of carbonyl (C=O) groups excluding carboxylic acids is 2. The lowest BCUT2D eigenvalue weighted by atomic mass is 10.0. The summed E-state index contributed by atoms with van der Waals surface area (Å²) in [4.78, 5) is 39.4. The molecule has 3 heterocycles. The quantitative estimate of drug-likeness (QED) is 0.468. The van der Waals surface area contributed by atoms with Crippen LogP contribution in [-0.4, -0.2) is 67.7 Å². The highest BCUT2D eigenvalue weighted by molar-refractivity contribution is 5.99. The van der Waals surface area contributed by atoms with Crippen LogP contribution in [0.1, 0.15) is 55.3 Å². The number of terminal acetylenes is 1. The highest BCUT2D eigenvalue weighted by Gasteiger charge is 2.36. The predicted octanol–water partition coefficient (Wildman–Crippen LogP) is 3.08. The Kier molecular flexibility index (Phi) is 8.17. The van der Waals surface area contributed by atoms with Crippen LogP contribution in [-0.2, 0) is 4.79 Å². The van der Waals surface area contributed by atoms with Gasteiger partial charge < -0.3 is 30.5 Å². The summed E-state index contributed by atoms with van der Waals surface area (Å²) in [5.74, 6) is 3.86. The van der Waals surface area contributed by atoms with Gasteiger partial charge in [-0.05, 0) is 50.4 Å². The fourth-order valence-corrected chi connectivity index (χ4v) is 5.80. The molecule has 2 aliphatic heterocycles. The largest absolute Gasteiger partial charge is 0.495 e. The van der Waals surface area contributed by atoms with E-state index in [1.54, 1.807) is 43.5 Å². The van der Waals surface area contributed by atoms with E-state index in [-0.39, 0.29) is 23.8 Å². The number of methoxy groups -OCH3 is 1. The van der Waals surface area contributed by atoms with E-state index in [1.165, 1.54) is 0 Å². The summed E-state index contributed by atoms with van der Waals surface area (Å²) >= 11 is 0. The molecule has 1 aromatic heterocycles. The van der Waals surface area contributed by atoms with Gasteiger partial charge in [0.25, 0.3) is 5.91 Å². The molecule has 10 heteroatoms. The zero-order chi connectivity index (χ0) is 27.4. The minimum Gasteiger partial charge on any atom is -0.495 e. The smallest absolute Gasteiger partial charge is 0.251 e. The van der Waals surface area contributed by atoms with Crippen molar-refractivity contribution in [3.8, 4) is 18.1 Å². The lowest BCUT2D eigenvalue weighted by molar-refractivity contribution is -0.121. The first-order chi connectivity index (χ1) is 19.0. The first-order valence-corrected chi connectivity index (χ1v) is 13.8. The van der Waals surface area contributed by atoms with Gasteiger partial charge in [0.1, 0.15) is 11.4 Å². The monoisotopic (exact) mass is 531 g/mol. The molecule has 1 saturated carbocycles. The van der Waals surface area contributed by atoms with Crippen molar-refractivity contribution in [1.29, 1.82) is 0 Å². The molecule has 1 saturated heterocycles. The molecule has 3 aliphatic rings. The molecule has 10 nitrogen and oxygen atoms in total. The fraction of sp³-hybridized carbons (Fsp3) is 0.517. The number of hydrogen-bond donors (Lipinski definition) is 3. The summed E-state index contributed by atoms with van der Waals surface area (Å²) in [6.45, 7) is 2.30. The molecule has 2 aromatic rings. The maximum atomic E-state index is 13.2. The van der Waals surface area contributed by atoms with Gasteiger partial charge in [-0.2, -0.15) is 4.98 Å². The molecule has 3 N–H and O–H groups in total. The molecule has 2 fully saturated rings. The Hall–Kier alpha value is -3.84. The minimum absolute atomic E-state index is 0.0152. The number of benzene rings is 1. The van der Waals surface area contributed by atoms with E-state index in [0.29, 0.717) is 47.6 Å². The van der Waals surface area contributed by atoms with Crippen molar-refractivity contribution in [2.75, 3.05) is 48.9 Å². The number of carbonyl (C=O) groups is 2. The standard InChI is InChI=1S/C29H37N7O3/c1-4-8-20-18-36(22-10-5-6-11-22)26-24(35(2)28(20)38)17-31-29(34-26)33-23-13-12-19(15-25(23)39-3)27(37)32-21-9-7-14-30-16-21/h1,12-13,15,17,20-22,30H,5-11,14,16,18H2,2-3H3,(H,32,37)(H,31,33,34). The van der Waals surface area contributed by atoms with Gasteiger partial charge in [0, 0.05) is 44.2 Å². The van der Waals surface area contributed by atoms with E-state index in [0.717, 1.165) is 57.4 Å². The molecule has 2 unspecified atom stereocenters. The van der Waals surface area contributed by atoms with E-state index >= 15 is 0 Å². The third kappa shape index (κ3) is 5.78. The molecule has 1 aliphatic carbocycles. The van der Waals surface area contributed by atoms with Gasteiger partial charge in [-0.25, -0.2) is 4.98 Å². The summed E-state index contributed by atoms with van der Waals surface area (Å²) in [7, 11) is 3.33. The summed E-state index contributed by atoms with van der Waals surface area (Å²) in [6, 6.07) is 5.71. The Balaban J connectivity index is 1.40. The topological polar surface area (TPSA) is 112 Å². The second kappa shape index (κ2) is 11.9. The summed E-state index contributed by atoms with van der Waals surface area (Å²) in [6.07, 6.45) is 14.1. The number of hydrogen-bond acceptors (Lipinski definition) is 8. The maximum absolute atomic E-state index is 13.2. The summed E-state index contributed by atoms with van der Waals surface area (Å²) < 4.78 is 5.61. The van der Waals surface area contributed by atoms with Crippen LogP contribution >= 0.6 is 0 Å². The van der Waals surface area contributed by atoms with Gasteiger partial charge in [-0.1, -0.05) is 12.8 Å². The number of anilines is 4. The lowest BCUT2D eigenvalue weighted by Crippen LogP contribution is -2.45. The normalized spacial score (nSPS) is 21.6. The number of fused-ring (bicyclic) bond motifs is 1. The van der Waals surface area contributed by atoms with Crippen molar-refractivity contribution in [1.82, 2.24) is 20.6 Å². The Labute approximate surface area is 229 Å². The molecule has 5 rings (SSSR count). The molecule has 0 spiro atoms. The van der Waals surface area contributed by atoms with Crippen LogP contribution in [0.4, 0.5) is 23.1 Å². The number of amides is 2. The van der Waals surface area contributed by atoms with E-state index in [2.05, 4.69) is 31.8 Å². The van der Waals surface area contributed by atoms with Crippen LogP contribution in [0, 0.1) is 18.3 Å². The van der Waals surface area contributed by atoms with Crippen molar-refractivity contribution >= 4 is 35.0 Å². The lowest BCUT2D eigenvalue weighted by Gasteiger charge is -2.31. The molecular formula is C29H37N7O3. The number of rotatable bonds is 7. The Morgan fingerprint density at radius 2 is 2.08 bits per heavy atom. The third-order valence-electron chi connectivity index (χ3n) is 7.95. The molecule has 1 aromatic carbocycles. The van der Waals surface area contributed by atoms with Crippen molar-refractivity contribution < 1.29 is 14.3 Å². The number of nitrogens with zero attached hydrogens (tertiary/aromatic N) is 4. The average molecular weight is 532 g/mol. The number of piperidine rings is 1. The first-order valence-electron chi connectivity index (χ1n) is 13.8. The van der Waals surface area contributed by atoms with Crippen molar-refractivity contribution in [2.24, 2.45) is 5.92 Å². The Bertz CT molecular complexity index is 1250. The summed E-state index contributed by atoms with van der Waals surface area (Å²) in [5.41, 5.74) is 1.84. The van der Waals surface area contributed by atoms with Crippen LogP contribution in [0.15, 0.2) is 24.4 Å². The Morgan fingerprint density at radius 3 is 2.79 bits per heavy atom. The molecule has 0 radical (unpaired) electrons. The van der Waals surface area contributed by atoms with Crippen LogP contribution in [0.5, 0.6) is 5.75 Å². The highest BCUT2D eigenvalue weighted by Crippen LogP contribution is 2.38. The molecule has 206 valence electrons. The van der Waals surface area contributed by atoms with Gasteiger partial charge in [0.15, 0.2) is 5.82 Å². The van der Waals surface area contributed by atoms with Gasteiger partial charge in [-0.15, -0.1) is 12.3 Å². The molecule has 2 amide bonds. The Morgan fingerprint density at radius 1 is 1.26 bits per heavy atom. The molecule has 2 atom stereocenters. The first kappa shape index (κ1) is 26.8. The minimum atomic E-state index is -0.297. The SMILES string of the molecule is C#CCC1CN(C2CCCC2)c2nc(Nc3ccc(C(=O)NC4CCCNC4)cc3OC)ncc2N(C)C1=O. The van der Waals surface area contributed by atoms with Gasteiger partial charge in [0.2, 0.25) is 11.9 Å². The van der Waals surface area contributed by atoms with Gasteiger partial charge in [-0.3, -0.25) is 9.59 Å². The zero-order valence-electron chi connectivity index (χ0n) is 22.7. The second-order valence-electron chi connectivity index (χ2n) is 10.6. The van der Waals surface area contributed by atoms with Gasteiger partial charge in [0.05, 0.1) is 24.9 Å². The van der Waals surface area contributed by atoms with Crippen LogP contribution < -0.4 is 30.5 Å². The number of ether oxygens (including phenoxy) is 1. The molecular weight excluding hydrogens is 494 g/mol. The van der Waals surface area contributed by atoms with E-state index in [4.69, 9.17) is 16.1 Å². The third-order valence-corrected chi connectivity index (χ3v) is 7.95. The maximum Gasteiger partial charge on any atom is 0.251 e. The summed E-state index contributed by atoms with van der Waals surface area (Å²) in [5, 5.41) is 9.67. The number of nitrogens with one attached hydrogen (secondary N) is 3. The molecule has 39 heavy (non-hydrogen) atoms. The fourth-order valence-electron chi connectivity index (χ4n) is 5.80. The molecule has 0 bridgehead atoms. The van der Waals surface area contributed by atoms with Crippen molar-refractivity contribution in [3.05, 3.63) is 30.0 Å². The van der Waals surface area contributed by atoms with Crippen LogP contribution in [0.2, 0.25) is 0 Å². The van der Waals surface area contributed by atoms with Crippen LogP contribution in [0.3, 0.4) is 0 Å². The predicted molar refractivity (Wildman–Crippen MR) is 152 cm³/mol. The van der Waals surface area contributed by atoms with E-state index in [9.17, 15) is 9.59 Å². The van der Waals surface area contributed by atoms with Crippen molar-refractivity contribution in [3.63, 3.8) is 0 Å². The zero-order valence-corrected chi connectivity index (χ0v) is 22.7. The van der Waals surface area contributed by atoms with Crippen molar-refractivity contribution in [2.45, 2.75) is 57.0 Å². The van der Waals surface area contributed by atoms with E-state index < -0.39 is 0 Å². The highest BCUT2D eigenvalue weighted by atomic mass is 16.5. The second-order valence-corrected chi connectivity index (χ2v) is 10.6.